The first-order valence-electron chi connectivity index (χ1n) is 8.29. The number of hydrogen-bond donors (Lipinski definition) is 0. The van der Waals surface area contributed by atoms with Gasteiger partial charge in [-0.25, -0.2) is 4.79 Å². The fourth-order valence-electron chi connectivity index (χ4n) is 3.20. The Balaban J connectivity index is 1.69. The van der Waals surface area contributed by atoms with Crippen LogP contribution in [0.3, 0.4) is 0 Å². The molecular formula is C19H22N2O4. The van der Waals surface area contributed by atoms with Gasteiger partial charge in [0.15, 0.2) is 0 Å². The van der Waals surface area contributed by atoms with Crippen LogP contribution >= 0.6 is 0 Å². The normalized spacial score (nSPS) is 14.5. The van der Waals surface area contributed by atoms with Gasteiger partial charge in [-0.3, -0.25) is 4.79 Å². The van der Waals surface area contributed by atoms with Gasteiger partial charge in [0, 0.05) is 37.9 Å². The Bertz CT molecular complexity index is 792. The van der Waals surface area contributed by atoms with Crippen molar-refractivity contribution in [1.82, 2.24) is 4.90 Å². The number of rotatable bonds is 3. The summed E-state index contributed by atoms with van der Waals surface area (Å²) in [4.78, 5) is 28.3. The first-order valence-corrected chi connectivity index (χ1v) is 8.29. The highest BCUT2D eigenvalue weighted by atomic mass is 16.5. The smallest absolute Gasteiger partial charge is 0.336 e. The lowest BCUT2D eigenvalue weighted by Gasteiger charge is -2.36. The van der Waals surface area contributed by atoms with Crippen LogP contribution < -0.4 is 15.3 Å². The number of piperazine rings is 1. The molecule has 1 aliphatic heterocycles. The summed E-state index contributed by atoms with van der Waals surface area (Å²) in [5.41, 5.74) is 1.86. The summed E-state index contributed by atoms with van der Waals surface area (Å²) in [5, 5.41) is 0. The van der Waals surface area contributed by atoms with E-state index in [4.69, 9.17) is 9.15 Å². The number of nitrogens with zero attached hydrogens (tertiary/aromatic N) is 2. The average Bonchev–Trinajstić information content (AvgIpc) is 2.61. The Hall–Kier alpha value is -2.76. The number of carbonyl (C=O) groups is 1. The maximum absolute atomic E-state index is 12.8. The number of hydrogen-bond acceptors (Lipinski definition) is 5. The van der Waals surface area contributed by atoms with Crippen LogP contribution in [0.2, 0.25) is 0 Å². The summed E-state index contributed by atoms with van der Waals surface area (Å²) >= 11 is 0. The molecule has 6 nitrogen and oxygen atoms in total. The third kappa shape index (κ3) is 3.52. The lowest BCUT2D eigenvalue weighted by Crippen LogP contribution is -2.49. The van der Waals surface area contributed by atoms with Gasteiger partial charge < -0.3 is 19.0 Å². The average molecular weight is 342 g/mol. The molecule has 1 aromatic carbocycles. The first-order chi connectivity index (χ1) is 12.0. The van der Waals surface area contributed by atoms with Crippen molar-refractivity contribution in [2.75, 3.05) is 38.2 Å². The predicted molar refractivity (Wildman–Crippen MR) is 95.6 cm³/mol. The lowest BCUT2D eigenvalue weighted by molar-refractivity contribution is 0.0742. The summed E-state index contributed by atoms with van der Waals surface area (Å²) in [6, 6.07) is 9.29. The molecule has 25 heavy (non-hydrogen) atoms. The number of methoxy groups -OCH3 is 1. The van der Waals surface area contributed by atoms with E-state index in [1.54, 1.807) is 21.0 Å². The topological polar surface area (TPSA) is 63.0 Å². The number of benzene rings is 1. The molecule has 0 bridgehead atoms. The van der Waals surface area contributed by atoms with E-state index in [1.807, 2.05) is 29.2 Å². The van der Waals surface area contributed by atoms with Crippen LogP contribution in [-0.4, -0.2) is 44.1 Å². The molecule has 0 radical (unpaired) electrons. The van der Waals surface area contributed by atoms with E-state index in [9.17, 15) is 9.59 Å². The third-order valence-corrected chi connectivity index (χ3v) is 4.55. The zero-order chi connectivity index (χ0) is 18.0. The SMILES string of the molecule is COc1ccc(N2CCN(C(=O)c3c(C)cc(=O)oc3C)CC2)cc1. The minimum Gasteiger partial charge on any atom is -0.497 e. The van der Waals surface area contributed by atoms with Gasteiger partial charge in [-0.2, -0.15) is 0 Å². The summed E-state index contributed by atoms with van der Waals surface area (Å²) in [7, 11) is 1.65. The monoisotopic (exact) mass is 342 g/mol. The van der Waals surface area contributed by atoms with Crippen molar-refractivity contribution in [3.05, 3.63) is 57.6 Å². The van der Waals surface area contributed by atoms with Gasteiger partial charge in [0.25, 0.3) is 5.91 Å². The molecule has 0 aliphatic carbocycles. The fourth-order valence-corrected chi connectivity index (χ4v) is 3.20. The van der Waals surface area contributed by atoms with Gasteiger partial charge in [0.2, 0.25) is 0 Å². The highest BCUT2D eigenvalue weighted by Crippen LogP contribution is 2.22. The molecule has 0 saturated carbocycles. The lowest BCUT2D eigenvalue weighted by atomic mass is 10.1. The van der Waals surface area contributed by atoms with Gasteiger partial charge in [0.1, 0.15) is 11.5 Å². The molecular weight excluding hydrogens is 320 g/mol. The molecule has 0 atom stereocenters. The Morgan fingerprint density at radius 2 is 1.72 bits per heavy atom. The maximum atomic E-state index is 12.8. The summed E-state index contributed by atoms with van der Waals surface area (Å²) in [6.45, 7) is 6.20. The van der Waals surface area contributed by atoms with Crippen LogP contribution in [0.4, 0.5) is 5.69 Å². The molecule has 6 heteroatoms. The van der Waals surface area contributed by atoms with Crippen molar-refractivity contribution in [3.8, 4) is 5.75 Å². The van der Waals surface area contributed by atoms with E-state index in [0.29, 0.717) is 30.0 Å². The van der Waals surface area contributed by atoms with Crippen LogP contribution in [0.15, 0.2) is 39.5 Å². The molecule has 0 spiro atoms. The summed E-state index contributed by atoms with van der Waals surface area (Å²) in [5.74, 6) is 1.13. The van der Waals surface area contributed by atoms with Crippen LogP contribution in [-0.2, 0) is 0 Å². The quantitative estimate of drug-likeness (QED) is 0.856. The Morgan fingerprint density at radius 3 is 2.28 bits per heavy atom. The van der Waals surface area contributed by atoms with Crippen molar-refractivity contribution in [2.24, 2.45) is 0 Å². The van der Waals surface area contributed by atoms with Crippen molar-refractivity contribution >= 4 is 11.6 Å². The van der Waals surface area contributed by atoms with E-state index < -0.39 is 5.63 Å². The van der Waals surface area contributed by atoms with Gasteiger partial charge in [0.05, 0.1) is 12.7 Å². The molecule has 1 aromatic heterocycles. The van der Waals surface area contributed by atoms with Crippen LogP contribution in [0.25, 0.3) is 0 Å². The number of ether oxygens (including phenoxy) is 1. The number of amides is 1. The van der Waals surface area contributed by atoms with Gasteiger partial charge in [-0.15, -0.1) is 0 Å². The molecule has 132 valence electrons. The second kappa shape index (κ2) is 7.01. The second-order valence-corrected chi connectivity index (χ2v) is 6.16. The van der Waals surface area contributed by atoms with Gasteiger partial charge in [-0.05, 0) is 43.7 Å². The van der Waals surface area contributed by atoms with Crippen molar-refractivity contribution < 1.29 is 13.9 Å². The summed E-state index contributed by atoms with van der Waals surface area (Å²) < 4.78 is 10.3. The van der Waals surface area contributed by atoms with E-state index in [-0.39, 0.29) is 5.91 Å². The minimum absolute atomic E-state index is 0.0758. The van der Waals surface area contributed by atoms with Gasteiger partial charge >= 0.3 is 5.63 Å². The Labute approximate surface area is 146 Å². The minimum atomic E-state index is -0.420. The first kappa shape index (κ1) is 17.1. The molecule has 1 fully saturated rings. The molecule has 1 saturated heterocycles. The highest BCUT2D eigenvalue weighted by molar-refractivity contribution is 5.96. The molecule has 0 N–H and O–H groups in total. The molecule has 3 rings (SSSR count). The third-order valence-electron chi connectivity index (χ3n) is 4.55. The molecule has 1 aliphatic rings. The number of carbonyl (C=O) groups excluding carboxylic acids is 1. The predicted octanol–water partition coefficient (Wildman–Crippen LogP) is 2.23. The zero-order valence-electron chi connectivity index (χ0n) is 14.7. The van der Waals surface area contributed by atoms with E-state index >= 15 is 0 Å². The van der Waals surface area contributed by atoms with Gasteiger partial charge in [-0.1, -0.05) is 0 Å². The summed E-state index contributed by atoms with van der Waals surface area (Å²) in [6.07, 6.45) is 0. The largest absolute Gasteiger partial charge is 0.497 e. The molecule has 1 amide bonds. The van der Waals surface area contributed by atoms with Crippen LogP contribution in [0.5, 0.6) is 5.75 Å². The van der Waals surface area contributed by atoms with E-state index in [1.165, 1.54) is 6.07 Å². The van der Waals surface area contributed by atoms with Crippen LogP contribution in [0, 0.1) is 13.8 Å². The molecule has 2 heterocycles. The Morgan fingerprint density at radius 1 is 1.08 bits per heavy atom. The molecule has 2 aromatic rings. The van der Waals surface area contributed by atoms with E-state index in [0.717, 1.165) is 24.5 Å². The van der Waals surface area contributed by atoms with Crippen LogP contribution in [0.1, 0.15) is 21.7 Å². The second-order valence-electron chi connectivity index (χ2n) is 6.16. The van der Waals surface area contributed by atoms with Crippen molar-refractivity contribution in [3.63, 3.8) is 0 Å². The van der Waals surface area contributed by atoms with Crippen molar-refractivity contribution in [1.29, 1.82) is 0 Å². The van der Waals surface area contributed by atoms with E-state index in [2.05, 4.69) is 4.90 Å². The number of anilines is 1. The van der Waals surface area contributed by atoms with Crippen molar-refractivity contribution in [2.45, 2.75) is 13.8 Å². The molecule has 0 unspecified atom stereocenters. The maximum Gasteiger partial charge on any atom is 0.336 e. The number of aryl methyl sites for hydroxylation is 2. The standard InChI is InChI=1S/C19H22N2O4/c1-13-12-17(22)25-14(2)18(13)19(23)21-10-8-20(9-11-21)15-4-6-16(24-3)7-5-15/h4-7,12H,8-11H2,1-3H3. The zero-order valence-corrected chi connectivity index (χ0v) is 14.7. The fraction of sp³-hybridized carbons (Fsp3) is 0.368. The highest BCUT2D eigenvalue weighted by Gasteiger charge is 2.25. The Kier molecular flexibility index (Phi) is 4.79.